The zero-order valence-corrected chi connectivity index (χ0v) is 24.8. The Hall–Kier alpha value is -2.33. The Kier molecular flexibility index (Phi) is 9.47. The second kappa shape index (κ2) is 12.5. The van der Waals surface area contributed by atoms with E-state index in [0.29, 0.717) is 11.3 Å². The number of benzene rings is 2. The number of halogens is 3. The molecular formula is C25H25Cl3N3O6PS. The molecule has 1 saturated heterocycles. The Bertz CT molecular complexity index is 1260. The summed E-state index contributed by atoms with van der Waals surface area (Å²) in [6.07, 6.45) is 3.46. The van der Waals surface area contributed by atoms with Gasteiger partial charge in [-0.3, -0.25) is 9.69 Å². The highest BCUT2D eigenvalue weighted by atomic mass is 35.6. The van der Waals surface area contributed by atoms with Crippen LogP contribution in [-0.4, -0.2) is 63.3 Å². The van der Waals surface area contributed by atoms with Gasteiger partial charge in [-0.25, -0.2) is 9.36 Å². The minimum Gasteiger partial charge on any atom is -0.456 e. The molecule has 9 nitrogen and oxygen atoms in total. The molecule has 0 saturated carbocycles. The first-order valence-electron chi connectivity index (χ1n) is 11.6. The monoisotopic (exact) mass is 631 g/mol. The number of alkyl halides is 3. The van der Waals surface area contributed by atoms with Crippen LogP contribution in [0.5, 0.6) is 11.5 Å². The van der Waals surface area contributed by atoms with E-state index in [1.165, 1.54) is 16.7 Å². The van der Waals surface area contributed by atoms with Crippen molar-refractivity contribution in [3.63, 3.8) is 0 Å². The highest BCUT2D eigenvalue weighted by Gasteiger charge is 2.56. The second-order valence-electron chi connectivity index (χ2n) is 8.67. The number of rotatable bonds is 10. The second-order valence-corrected chi connectivity index (χ2v) is 13.9. The van der Waals surface area contributed by atoms with E-state index in [4.69, 9.17) is 48.6 Å². The molecule has 2 aliphatic heterocycles. The maximum Gasteiger partial charge on any atom is 0.513 e. The molecule has 0 bridgehead atoms. The van der Waals surface area contributed by atoms with E-state index in [1.54, 1.807) is 77.8 Å². The third-order valence-electron chi connectivity index (χ3n) is 5.37. The van der Waals surface area contributed by atoms with E-state index >= 15 is 0 Å². The van der Waals surface area contributed by atoms with Gasteiger partial charge in [0.15, 0.2) is 0 Å². The van der Waals surface area contributed by atoms with Crippen molar-refractivity contribution in [1.82, 2.24) is 14.9 Å². The van der Waals surface area contributed by atoms with E-state index in [2.05, 4.69) is 5.09 Å². The Morgan fingerprint density at radius 2 is 1.67 bits per heavy atom. The number of hydrogen-bond donors (Lipinski definition) is 1. The predicted octanol–water partition coefficient (Wildman–Crippen LogP) is 5.37. The minimum absolute atomic E-state index is 0.0249. The first-order valence-corrected chi connectivity index (χ1v) is 15.3. The molecule has 2 aromatic carbocycles. The fourth-order valence-corrected chi connectivity index (χ4v) is 6.80. The summed E-state index contributed by atoms with van der Waals surface area (Å²) in [5, 5.41) is 2.19. The lowest BCUT2D eigenvalue weighted by atomic mass is 10.0. The molecule has 0 aliphatic carbocycles. The van der Waals surface area contributed by atoms with Gasteiger partial charge in [-0.2, -0.15) is 5.09 Å². The van der Waals surface area contributed by atoms with E-state index in [1.807, 2.05) is 14.1 Å². The normalized spacial score (nSPS) is 19.4. The van der Waals surface area contributed by atoms with Gasteiger partial charge in [0.25, 0.3) is 0 Å². The average Bonchev–Trinajstić information content (AvgIpc) is 2.89. The van der Waals surface area contributed by atoms with E-state index < -0.39 is 41.4 Å². The Morgan fingerprint density at radius 1 is 1.10 bits per heavy atom. The lowest BCUT2D eigenvalue weighted by Gasteiger charge is -2.49. The number of esters is 1. The summed E-state index contributed by atoms with van der Waals surface area (Å²) < 4.78 is 28.8. The molecule has 0 spiro atoms. The molecule has 2 aromatic rings. The molecule has 0 radical (unpaired) electrons. The fourth-order valence-electron chi connectivity index (χ4n) is 3.68. The van der Waals surface area contributed by atoms with Crippen LogP contribution in [0.3, 0.4) is 0 Å². The molecule has 2 unspecified atom stereocenters. The highest BCUT2D eigenvalue weighted by Crippen LogP contribution is 2.49. The van der Waals surface area contributed by atoms with Crippen molar-refractivity contribution >= 4 is 66.2 Å². The highest BCUT2D eigenvalue weighted by molar-refractivity contribution is 8.00. The van der Waals surface area contributed by atoms with Gasteiger partial charge < -0.3 is 18.7 Å². The molecule has 0 aromatic heterocycles. The van der Waals surface area contributed by atoms with Crippen molar-refractivity contribution < 1.29 is 27.9 Å². The summed E-state index contributed by atoms with van der Waals surface area (Å²) >= 11 is 18.6. The molecule has 2 heterocycles. The number of allylic oxidation sites excluding steroid dienone is 1. The van der Waals surface area contributed by atoms with Crippen LogP contribution in [0.25, 0.3) is 0 Å². The van der Waals surface area contributed by atoms with Gasteiger partial charge in [0, 0.05) is 19.8 Å². The van der Waals surface area contributed by atoms with Crippen molar-refractivity contribution in [2.24, 2.45) is 0 Å². The number of ether oxygens (including phenoxy) is 1. The number of thioether (sulfide) groups is 1. The largest absolute Gasteiger partial charge is 0.513 e. The van der Waals surface area contributed by atoms with Crippen LogP contribution in [0.15, 0.2) is 84.2 Å². The number of fused-ring (bicyclic) bond motifs is 1. The van der Waals surface area contributed by atoms with Crippen LogP contribution in [0.4, 0.5) is 0 Å². The van der Waals surface area contributed by atoms with Crippen LogP contribution >= 0.6 is 54.3 Å². The summed E-state index contributed by atoms with van der Waals surface area (Å²) in [6.45, 7) is -0.503. The maximum atomic E-state index is 13.9. The molecule has 1 amide bonds. The molecule has 14 heteroatoms. The van der Waals surface area contributed by atoms with Crippen LogP contribution < -0.4 is 14.1 Å². The number of nitrogens with zero attached hydrogens (tertiary/aromatic N) is 2. The molecular weight excluding hydrogens is 608 g/mol. The van der Waals surface area contributed by atoms with Gasteiger partial charge in [0.2, 0.25) is 9.70 Å². The summed E-state index contributed by atoms with van der Waals surface area (Å²) in [6, 6.07) is 16.0. The molecule has 1 N–H and O–H groups in total. The smallest absolute Gasteiger partial charge is 0.456 e. The number of carbonyl (C=O) groups is 2. The third-order valence-corrected chi connectivity index (χ3v) is 8.49. The summed E-state index contributed by atoms with van der Waals surface area (Å²) in [5.74, 6) is -0.399. The topological polar surface area (TPSA) is 97.4 Å². The number of β-lactam (4-membered cyclic amide) rings is 1. The van der Waals surface area contributed by atoms with Gasteiger partial charge in [0.05, 0.1) is 0 Å². The van der Waals surface area contributed by atoms with E-state index in [0.717, 1.165) is 0 Å². The van der Waals surface area contributed by atoms with Crippen molar-refractivity contribution in [3.05, 3.63) is 84.2 Å². The summed E-state index contributed by atoms with van der Waals surface area (Å²) in [7, 11) is -0.477. The van der Waals surface area contributed by atoms with Crippen molar-refractivity contribution in [1.29, 1.82) is 0 Å². The van der Waals surface area contributed by atoms with E-state index in [9.17, 15) is 14.2 Å². The number of nitrogens with one attached hydrogen (secondary N) is 1. The lowest BCUT2D eigenvalue weighted by Crippen LogP contribution is -2.69. The zero-order valence-electron chi connectivity index (χ0n) is 20.8. The van der Waals surface area contributed by atoms with Gasteiger partial charge in [0.1, 0.15) is 35.2 Å². The van der Waals surface area contributed by atoms with Crippen molar-refractivity contribution in [2.45, 2.75) is 15.2 Å². The summed E-state index contributed by atoms with van der Waals surface area (Å²) in [4.78, 5) is 29.6. The van der Waals surface area contributed by atoms with E-state index in [-0.39, 0.29) is 17.2 Å². The minimum atomic E-state index is -4.12. The molecule has 2 atom stereocenters. The Morgan fingerprint density at radius 3 is 2.18 bits per heavy atom. The quantitative estimate of drug-likeness (QED) is 0.161. The standard InChI is InChI=1S/C25H25Cl3N3O6PS/c1-30(2)14-13-17-15-39-23-20(22(32)31(23)21(17)24(33)35-16-25(26,27)28)29-38(34,36-18-9-5-3-6-10-18)37-19-11-7-4-8-12-19/h3-14,20,23H,15-16H2,1-2H3,(H,29,34)/b14-13+. The number of para-hydroxylation sites is 2. The van der Waals surface area contributed by atoms with Gasteiger partial charge in [-0.15, -0.1) is 11.8 Å². The maximum absolute atomic E-state index is 13.9. The SMILES string of the molecule is CN(C)/C=C/C1=C(C(=O)OCC(Cl)(Cl)Cl)N2C(=O)C(NP(=O)(Oc3ccccc3)Oc3ccccc3)C2SC1. The van der Waals surface area contributed by atoms with Gasteiger partial charge in [-0.1, -0.05) is 71.2 Å². The number of hydrogen-bond acceptors (Lipinski definition) is 8. The molecule has 2 aliphatic rings. The van der Waals surface area contributed by atoms with Gasteiger partial charge in [-0.05, 0) is 42.1 Å². The molecule has 1 fully saturated rings. The van der Waals surface area contributed by atoms with Crippen LogP contribution in [0, 0.1) is 0 Å². The van der Waals surface area contributed by atoms with Crippen LogP contribution in [-0.2, 0) is 18.9 Å². The van der Waals surface area contributed by atoms with Crippen molar-refractivity contribution in [3.8, 4) is 11.5 Å². The first kappa shape index (κ1) is 29.6. The lowest BCUT2D eigenvalue weighted by molar-refractivity contribution is -0.151. The third kappa shape index (κ3) is 7.66. The van der Waals surface area contributed by atoms with Crippen LogP contribution in [0.1, 0.15) is 0 Å². The van der Waals surface area contributed by atoms with Crippen LogP contribution in [0.2, 0.25) is 0 Å². The first-order chi connectivity index (χ1) is 18.5. The fraction of sp³-hybridized carbons (Fsp3) is 0.280. The molecule has 39 heavy (non-hydrogen) atoms. The van der Waals surface area contributed by atoms with Gasteiger partial charge >= 0.3 is 13.7 Å². The molecule has 4 rings (SSSR count). The number of carbonyl (C=O) groups excluding carboxylic acids is 2. The molecule has 208 valence electrons. The zero-order chi connectivity index (χ0) is 28.2. The Labute approximate surface area is 245 Å². The summed E-state index contributed by atoms with van der Waals surface area (Å²) in [5.41, 5.74) is 0.576. The number of amides is 1. The average molecular weight is 633 g/mol. The Balaban J connectivity index is 1.60. The predicted molar refractivity (Wildman–Crippen MR) is 153 cm³/mol. The van der Waals surface area contributed by atoms with Crippen molar-refractivity contribution in [2.75, 3.05) is 26.5 Å².